The van der Waals surface area contributed by atoms with Gasteiger partial charge in [-0.25, -0.2) is 4.39 Å². The van der Waals surface area contributed by atoms with Gasteiger partial charge in [0.2, 0.25) is 0 Å². The number of carbonyl (C=O) groups excluding carboxylic acids is 1. The molecule has 1 amide bonds. The third kappa shape index (κ3) is 5.47. The molecule has 3 heterocycles. The monoisotopic (exact) mass is 548 g/mol. The maximum Gasteiger partial charge on any atom is 0.270 e. The summed E-state index contributed by atoms with van der Waals surface area (Å²) in [5.74, 6) is -0.366. The van der Waals surface area contributed by atoms with Crippen LogP contribution in [0.1, 0.15) is 34.2 Å². The zero-order valence-corrected chi connectivity index (χ0v) is 23.5. The van der Waals surface area contributed by atoms with Crippen LogP contribution in [-0.4, -0.2) is 72.1 Å². The van der Waals surface area contributed by atoms with Crippen LogP contribution in [-0.2, 0) is 13.6 Å². The van der Waals surface area contributed by atoms with Crippen molar-refractivity contribution in [3.05, 3.63) is 81.9 Å². The van der Waals surface area contributed by atoms with Crippen LogP contribution in [0.15, 0.2) is 48.5 Å². The standard InChI is InChI=1S/C30H34ClFN6O/c1-21-19-37(28-17-25(32)9-8-23(28)18-33)14-15-38(21)30(39)29-16-24(22(2)34(29)3)20-35-10-12-36(13-11-35)27-7-5-4-6-26(27)31/h4-9,16-17,21H,10-15,19-20H2,1-3H3. The molecule has 2 saturated heterocycles. The van der Waals surface area contributed by atoms with Crippen LogP contribution in [0.5, 0.6) is 0 Å². The molecule has 1 unspecified atom stereocenters. The Bertz CT molecular complexity index is 1410. The molecule has 2 aromatic carbocycles. The first kappa shape index (κ1) is 27.0. The highest BCUT2D eigenvalue weighted by Crippen LogP contribution is 2.28. The highest BCUT2D eigenvalue weighted by atomic mass is 35.5. The quantitative estimate of drug-likeness (QED) is 0.464. The number of anilines is 2. The first-order chi connectivity index (χ1) is 18.8. The zero-order chi connectivity index (χ0) is 27.7. The molecular weight excluding hydrogens is 515 g/mol. The number of hydrogen-bond acceptors (Lipinski definition) is 5. The second kappa shape index (κ2) is 11.3. The lowest BCUT2D eigenvalue weighted by molar-refractivity contribution is 0.0664. The molecule has 2 fully saturated rings. The minimum Gasteiger partial charge on any atom is -0.368 e. The number of hydrogen-bond donors (Lipinski definition) is 0. The van der Waals surface area contributed by atoms with Crippen molar-refractivity contribution in [2.45, 2.75) is 26.4 Å². The molecule has 39 heavy (non-hydrogen) atoms. The number of nitrogens with zero attached hydrogens (tertiary/aromatic N) is 6. The average molecular weight is 549 g/mol. The van der Waals surface area contributed by atoms with Gasteiger partial charge in [0.15, 0.2) is 0 Å². The molecule has 0 aliphatic carbocycles. The topological polar surface area (TPSA) is 58.8 Å². The molecule has 204 valence electrons. The molecule has 0 saturated carbocycles. The molecule has 1 aromatic heterocycles. The number of rotatable bonds is 5. The summed E-state index contributed by atoms with van der Waals surface area (Å²) in [4.78, 5) is 22.3. The normalized spacial score (nSPS) is 18.4. The van der Waals surface area contributed by atoms with Gasteiger partial charge in [-0.15, -0.1) is 0 Å². The Morgan fingerprint density at radius 1 is 1.03 bits per heavy atom. The van der Waals surface area contributed by atoms with E-state index < -0.39 is 0 Å². The number of halogens is 2. The van der Waals surface area contributed by atoms with E-state index >= 15 is 0 Å². The van der Waals surface area contributed by atoms with E-state index in [9.17, 15) is 14.4 Å². The number of aromatic nitrogens is 1. The Morgan fingerprint density at radius 3 is 2.44 bits per heavy atom. The van der Waals surface area contributed by atoms with Crippen molar-refractivity contribution in [1.29, 1.82) is 5.26 Å². The Labute approximate surface area is 234 Å². The van der Waals surface area contributed by atoms with Gasteiger partial charge < -0.3 is 19.3 Å². The molecule has 2 aliphatic heterocycles. The van der Waals surface area contributed by atoms with E-state index in [4.69, 9.17) is 11.6 Å². The third-order valence-corrected chi connectivity index (χ3v) is 8.45. The van der Waals surface area contributed by atoms with Crippen LogP contribution in [0.3, 0.4) is 0 Å². The lowest BCUT2D eigenvalue weighted by atomic mass is 10.1. The van der Waals surface area contributed by atoms with E-state index in [1.807, 2.05) is 52.6 Å². The summed E-state index contributed by atoms with van der Waals surface area (Å²) in [6, 6.07) is 16.3. The summed E-state index contributed by atoms with van der Waals surface area (Å²) in [7, 11) is 1.95. The maximum absolute atomic E-state index is 13.9. The van der Waals surface area contributed by atoms with Gasteiger partial charge in [0, 0.05) is 71.1 Å². The Morgan fingerprint density at radius 2 is 1.74 bits per heavy atom. The maximum atomic E-state index is 13.9. The molecule has 2 aliphatic rings. The van der Waals surface area contributed by atoms with E-state index in [0.29, 0.717) is 36.6 Å². The fraction of sp³-hybridized carbons (Fsp3) is 0.400. The minimum absolute atomic E-state index is 0.00212. The van der Waals surface area contributed by atoms with Gasteiger partial charge >= 0.3 is 0 Å². The molecule has 0 spiro atoms. The van der Waals surface area contributed by atoms with Gasteiger partial charge in [-0.2, -0.15) is 5.26 Å². The number of carbonyl (C=O) groups is 1. The molecule has 0 N–H and O–H groups in total. The lowest BCUT2D eigenvalue weighted by Gasteiger charge is -2.41. The van der Waals surface area contributed by atoms with E-state index in [-0.39, 0.29) is 17.8 Å². The van der Waals surface area contributed by atoms with Gasteiger partial charge in [0.25, 0.3) is 5.91 Å². The fourth-order valence-corrected chi connectivity index (χ4v) is 5.97. The minimum atomic E-state index is -0.368. The van der Waals surface area contributed by atoms with Gasteiger partial charge in [-0.1, -0.05) is 23.7 Å². The Balaban J connectivity index is 1.24. The Hall–Kier alpha value is -3.54. The third-order valence-electron chi connectivity index (χ3n) is 8.13. The van der Waals surface area contributed by atoms with Crippen molar-refractivity contribution in [2.24, 2.45) is 7.05 Å². The van der Waals surface area contributed by atoms with Gasteiger partial charge in [-0.05, 0) is 55.8 Å². The highest BCUT2D eigenvalue weighted by Gasteiger charge is 2.31. The number of nitriles is 1. The van der Waals surface area contributed by atoms with Crippen LogP contribution < -0.4 is 9.80 Å². The van der Waals surface area contributed by atoms with E-state index in [0.717, 1.165) is 54.7 Å². The molecule has 0 radical (unpaired) electrons. The van der Waals surface area contributed by atoms with Crippen molar-refractivity contribution < 1.29 is 9.18 Å². The van der Waals surface area contributed by atoms with Gasteiger partial charge in [0.05, 0.1) is 22.0 Å². The second-order valence-electron chi connectivity index (χ2n) is 10.5. The lowest BCUT2D eigenvalue weighted by Crippen LogP contribution is -2.54. The zero-order valence-electron chi connectivity index (χ0n) is 22.7. The van der Waals surface area contributed by atoms with E-state index in [1.165, 1.54) is 18.2 Å². The van der Waals surface area contributed by atoms with Crippen LogP contribution in [0.25, 0.3) is 0 Å². The molecule has 7 nitrogen and oxygen atoms in total. The predicted molar refractivity (Wildman–Crippen MR) is 153 cm³/mol. The van der Waals surface area contributed by atoms with Crippen LogP contribution in [0, 0.1) is 24.1 Å². The van der Waals surface area contributed by atoms with Gasteiger partial charge in [-0.3, -0.25) is 9.69 Å². The molecule has 9 heteroatoms. The average Bonchev–Trinajstić information content (AvgIpc) is 3.22. The largest absolute Gasteiger partial charge is 0.368 e. The Kier molecular flexibility index (Phi) is 7.83. The van der Waals surface area contributed by atoms with E-state index in [2.05, 4.69) is 28.9 Å². The number of amides is 1. The van der Waals surface area contributed by atoms with E-state index in [1.54, 1.807) is 0 Å². The summed E-state index contributed by atoms with van der Waals surface area (Å²) >= 11 is 6.40. The summed E-state index contributed by atoms with van der Waals surface area (Å²) in [5.41, 5.74) is 5.05. The molecule has 3 aromatic rings. The summed E-state index contributed by atoms with van der Waals surface area (Å²) in [5, 5.41) is 10.3. The molecular formula is C30H34ClFN6O. The highest BCUT2D eigenvalue weighted by molar-refractivity contribution is 6.33. The molecule has 5 rings (SSSR count). The molecule has 0 bridgehead atoms. The summed E-state index contributed by atoms with van der Waals surface area (Å²) in [6.45, 7) is 10.1. The van der Waals surface area contributed by atoms with Crippen molar-refractivity contribution in [1.82, 2.24) is 14.4 Å². The number of benzene rings is 2. The van der Waals surface area contributed by atoms with Crippen molar-refractivity contribution in [3.8, 4) is 6.07 Å². The van der Waals surface area contributed by atoms with Crippen LogP contribution >= 0.6 is 11.6 Å². The van der Waals surface area contributed by atoms with Crippen molar-refractivity contribution in [3.63, 3.8) is 0 Å². The van der Waals surface area contributed by atoms with Gasteiger partial charge in [0.1, 0.15) is 17.6 Å². The fourth-order valence-electron chi connectivity index (χ4n) is 5.71. The summed E-state index contributed by atoms with van der Waals surface area (Å²) in [6.07, 6.45) is 0. The summed E-state index contributed by atoms with van der Waals surface area (Å²) < 4.78 is 15.9. The van der Waals surface area contributed by atoms with Crippen LogP contribution in [0.2, 0.25) is 5.02 Å². The predicted octanol–water partition coefficient (Wildman–Crippen LogP) is 4.67. The first-order valence-corrected chi connectivity index (χ1v) is 13.8. The van der Waals surface area contributed by atoms with Crippen LogP contribution in [0.4, 0.5) is 15.8 Å². The molecule has 1 atom stereocenters. The number of para-hydroxylation sites is 1. The second-order valence-corrected chi connectivity index (χ2v) is 10.9. The number of piperazine rings is 2. The smallest absolute Gasteiger partial charge is 0.270 e. The van der Waals surface area contributed by atoms with Crippen molar-refractivity contribution in [2.75, 3.05) is 55.6 Å². The SMILES string of the molecule is Cc1c(CN2CCN(c3ccccc3Cl)CC2)cc(C(=O)N2CCN(c3cc(F)ccc3C#N)CC2C)n1C. The first-order valence-electron chi connectivity index (χ1n) is 13.4. The van der Waals surface area contributed by atoms with Crippen molar-refractivity contribution >= 4 is 28.9 Å².